The van der Waals surface area contributed by atoms with Crippen LogP contribution in [0.25, 0.3) is 10.1 Å². The minimum atomic E-state index is -5.86. The van der Waals surface area contributed by atoms with Gasteiger partial charge < -0.3 is 39.9 Å². The highest BCUT2D eigenvalue weighted by molar-refractivity contribution is 9.10. The van der Waals surface area contributed by atoms with Crippen molar-refractivity contribution < 1.29 is 61.4 Å². The van der Waals surface area contributed by atoms with Crippen molar-refractivity contribution in [3.8, 4) is 11.8 Å². The molecule has 7 amide bonds. The number of piperidine rings is 1. The average molecular weight is 1170 g/mol. The van der Waals surface area contributed by atoms with Crippen LogP contribution >= 0.6 is 34.9 Å². The van der Waals surface area contributed by atoms with E-state index in [-0.39, 0.29) is 79.9 Å². The lowest BCUT2D eigenvalue weighted by Crippen LogP contribution is -2.58. The molecule has 4 atom stereocenters. The molecule has 410 valence electrons. The first-order valence-electron chi connectivity index (χ1n) is 25.3. The molecular weight excluding hydrogens is 1110 g/mol. The van der Waals surface area contributed by atoms with Gasteiger partial charge in [0.1, 0.15) is 18.1 Å². The summed E-state index contributed by atoms with van der Waals surface area (Å²) in [5, 5.41) is 8.21. The number of anilines is 1. The number of ether oxygens (including phenoxy) is 1. The molecule has 3 aliphatic heterocycles. The zero-order valence-corrected chi connectivity index (χ0v) is 46.2. The summed E-state index contributed by atoms with van der Waals surface area (Å²) in [4.78, 5) is 118. The molecule has 4 heterocycles. The second-order valence-electron chi connectivity index (χ2n) is 20.4. The Morgan fingerprint density at radius 3 is 2.42 bits per heavy atom. The summed E-state index contributed by atoms with van der Waals surface area (Å²) < 4.78 is 48.4. The number of halogens is 3. The van der Waals surface area contributed by atoms with Crippen LogP contribution in [0.4, 0.5) is 14.5 Å². The number of hydrogen-bond donors (Lipinski definition) is 5. The minimum absolute atomic E-state index is 0.0145. The number of benzene rings is 4. The molecule has 22 heteroatoms. The van der Waals surface area contributed by atoms with Crippen molar-refractivity contribution in [1.29, 1.82) is 0 Å². The van der Waals surface area contributed by atoms with Gasteiger partial charge >= 0.3 is 13.3 Å². The number of alkyl halides is 2. The first-order valence-corrected chi connectivity index (χ1v) is 28.6. The van der Waals surface area contributed by atoms with E-state index in [1.807, 2.05) is 36.4 Å². The van der Waals surface area contributed by atoms with Crippen LogP contribution in [0, 0.1) is 17.3 Å². The van der Waals surface area contributed by atoms with Crippen LogP contribution in [0.15, 0.2) is 102 Å². The van der Waals surface area contributed by atoms with Gasteiger partial charge in [-0.15, -0.1) is 11.3 Å². The van der Waals surface area contributed by atoms with Gasteiger partial charge in [0.15, 0.2) is 0 Å². The molecule has 5 N–H and O–H groups in total. The Morgan fingerprint density at radius 2 is 1.72 bits per heavy atom. The van der Waals surface area contributed by atoms with Gasteiger partial charge in [0, 0.05) is 83.4 Å². The number of likely N-dealkylation sites (tertiary alicyclic amines) is 1. The fourth-order valence-electron chi connectivity index (χ4n) is 9.61. The van der Waals surface area contributed by atoms with E-state index in [0.717, 1.165) is 39.1 Å². The van der Waals surface area contributed by atoms with Crippen molar-refractivity contribution in [1.82, 2.24) is 25.8 Å². The number of carbonyl (C=O) groups is 7. The molecule has 0 saturated carbocycles. The fraction of sp³-hybridized carbons (Fsp3) is 0.375. The molecular formula is C56H58BrF2N6O11PS. The van der Waals surface area contributed by atoms with Gasteiger partial charge in [-0.2, -0.15) is 8.78 Å². The molecule has 0 aliphatic carbocycles. The summed E-state index contributed by atoms with van der Waals surface area (Å²) in [6.45, 7) is 5.91. The van der Waals surface area contributed by atoms with E-state index in [2.05, 4.69) is 43.7 Å². The predicted octanol–water partition coefficient (Wildman–Crippen LogP) is 7.74. The topological polar surface area (TPSA) is 232 Å². The number of fused-ring (bicyclic) bond motifs is 2. The predicted molar refractivity (Wildman–Crippen MR) is 291 cm³/mol. The van der Waals surface area contributed by atoms with Crippen LogP contribution < -0.4 is 20.9 Å². The molecule has 5 aromatic rings. The molecule has 78 heavy (non-hydrogen) atoms. The monoisotopic (exact) mass is 1170 g/mol. The normalized spacial score (nSPS) is 18.0. The van der Waals surface area contributed by atoms with E-state index >= 15 is 9.59 Å². The Kier molecular flexibility index (Phi) is 17.8. The maximum atomic E-state index is 15.1. The number of hydrogen-bond acceptors (Lipinski definition) is 10. The first kappa shape index (κ1) is 57.5. The van der Waals surface area contributed by atoms with E-state index in [1.54, 1.807) is 57.2 Å². The number of carbonyl (C=O) groups excluding carboxylic acids is 7. The Hall–Kier alpha value is -6.66. The molecule has 3 aliphatic rings. The highest BCUT2D eigenvalue weighted by Crippen LogP contribution is 2.59. The van der Waals surface area contributed by atoms with E-state index in [4.69, 9.17) is 4.74 Å². The molecule has 17 nitrogen and oxygen atoms in total. The van der Waals surface area contributed by atoms with Gasteiger partial charge in [0.2, 0.25) is 29.5 Å². The average Bonchev–Trinajstić information content (AvgIpc) is 4.13. The lowest BCUT2D eigenvalue weighted by atomic mass is 9.85. The maximum Gasteiger partial charge on any atom is 0.399 e. The van der Waals surface area contributed by atoms with Gasteiger partial charge in [-0.1, -0.05) is 91.0 Å². The summed E-state index contributed by atoms with van der Waals surface area (Å²) in [6.07, 6.45) is 1.56. The second kappa shape index (κ2) is 24.1. The van der Waals surface area contributed by atoms with Gasteiger partial charge in [-0.25, -0.2) is 0 Å². The summed E-state index contributed by atoms with van der Waals surface area (Å²) in [6, 6.07) is 22.9. The third-order valence-corrected chi connectivity index (χ3v) is 16.5. The fourth-order valence-corrected chi connectivity index (χ4v) is 11.3. The van der Waals surface area contributed by atoms with E-state index in [0.29, 0.717) is 47.3 Å². The van der Waals surface area contributed by atoms with Crippen LogP contribution in [-0.2, 0) is 52.1 Å². The summed E-state index contributed by atoms with van der Waals surface area (Å²) in [7, 11) is -5.86. The SMILES string of the molecule is CC(C)(C)C(NC(=O)c1cc2cc(C(F)(F)P(=O)(O)O)ccc2s1)C(=O)N1C[C@@H](OCc2ccccc2)C[C@H]1C(=O)N(CCC(=O)NCCCCC#Cc1cccc2c1CN(C1CCC(=O)NC1=O)C2=O)c1ccc(Br)cc1. The van der Waals surface area contributed by atoms with Crippen molar-refractivity contribution in [2.45, 2.75) is 109 Å². The number of unbranched alkanes of at least 4 members (excludes halogenated alkanes) is 2. The third-order valence-electron chi connectivity index (χ3n) is 13.8. The second-order valence-corrected chi connectivity index (χ2v) is 24.1. The zero-order chi connectivity index (χ0) is 56.1. The van der Waals surface area contributed by atoms with Gasteiger partial charge in [-0.05, 0) is 95.8 Å². The molecule has 2 unspecified atom stereocenters. The molecule has 2 saturated heterocycles. The van der Waals surface area contributed by atoms with Gasteiger partial charge in [0.05, 0.1) is 17.6 Å². The largest absolute Gasteiger partial charge is 0.399 e. The van der Waals surface area contributed by atoms with E-state index in [1.165, 1.54) is 26.8 Å². The number of rotatable bonds is 18. The number of imide groups is 1. The number of nitrogens with one attached hydrogen (secondary N) is 3. The molecule has 0 radical (unpaired) electrons. The number of amides is 7. The first-order chi connectivity index (χ1) is 37.0. The van der Waals surface area contributed by atoms with Crippen molar-refractivity contribution in [3.05, 3.63) is 134 Å². The van der Waals surface area contributed by atoms with Crippen LogP contribution in [0.5, 0.6) is 0 Å². The smallest absolute Gasteiger partial charge is 0.372 e. The maximum absolute atomic E-state index is 15.1. The highest BCUT2D eigenvalue weighted by Gasteiger charge is 2.51. The molecule has 8 rings (SSSR count). The standard InChI is InChI=1S/C56H58BrF2N6O11PS/c1-55(2,3)49(62-51(69)46-29-36-28-37(17-23-45(36)78-46)56(58,59)77(73,74)75)54(72)64-31-40(76-33-34-12-7-6-8-13-34)30-44(64)53(71)63(39-20-18-38(57)19-21-39)27-25-47(66)60-26-10-5-4-9-14-35-15-11-16-41-42(35)32-65(52(41)70)43-22-24-48(67)61-50(43)68/h6-8,11-13,15-21,23,28-29,40,43-44,49H,4-5,10,22,24-27,30-33H2,1-3H3,(H,60,66)(H,62,69)(H,61,67,68)(H2,73,74,75)/t40-,43?,44-,49?/m0/s1. The molecule has 0 spiro atoms. The van der Waals surface area contributed by atoms with Crippen LogP contribution in [0.3, 0.4) is 0 Å². The summed E-state index contributed by atoms with van der Waals surface area (Å²) in [5.74, 6) is 3.12. The summed E-state index contributed by atoms with van der Waals surface area (Å²) >= 11 is 4.40. The quantitative estimate of drug-likeness (QED) is 0.0246. The van der Waals surface area contributed by atoms with Crippen molar-refractivity contribution in [2.75, 3.05) is 24.5 Å². The minimum Gasteiger partial charge on any atom is -0.372 e. The van der Waals surface area contributed by atoms with Crippen LogP contribution in [0.2, 0.25) is 0 Å². The van der Waals surface area contributed by atoms with Crippen LogP contribution in [0.1, 0.15) is 108 Å². The third kappa shape index (κ3) is 13.2. The molecule has 1 aromatic heterocycles. The Labute approximate surface area is 461 Å². The Morgan fingerprint density at radius 1 is 0.974 bits per heavy atom. The number of thiophene rings is 1. The zero-order valence-electron chi connectivity index (χ0n) is 42.9. The van der Waals surface area contributed by atoms with E-state index < -0.39 is 72.1 Å². The number of nitrogens with zero attached hydrogens (tertiary/aromatic N) is 3. The molecule has 0 bridgehead atoms. The highest BCUT2D eigenvalue weighted by atomic mass is 79.9. The molecule has 2 fully saturated rings. The molecule has 4 aromatic carbocycles. The van der Waals surface area contributed by atoms with Gasteiger partial charge in [0.25, 0.3) is 11.8 Å². The van der Waals surface area contributed by atoms with Crippen molar-refractivity contribution >= 4 is 92.0 Å². The van der Waals surface area contributed by atoms with Crippen molar-refractivity contribution in [2.24, 2.45) is 5.41 Å². The lowest BCUT2D eigenvalue weighted by molar-refractivity contribution is -0.141. The van der Waals surface area contributed by atoms with Crippen LogP contribution in [-0.4, -0.2) is 105 Å². The Balaban J connectivity index is 0.928. The summed E-state index contributed by atoms with van der Waals surface area (Å²) in [5.41, 5.74) is -3.09. The van der Waals surface area contributed by atoms with E-state index in [9.17, 15) is 47.1 Å². The Bertz CT molecular complexity index is 3250. The van der Waals surface area contributed by atoms with Crippen molar-refractivity contribution in [3.63, 3.8) is 0 Å². The van der Waals surface area contributed by atoms with Gasteiger partial charge in [-0.3, -0.25) is 43.4 Å². The lowest BCUT2D eigenvalue weighted by Gasteiger charge is -2.36.